The quantitative estimate of drug-likeness (QED) is 0.293. The van der Waals surface area contributed by atoms with E-state index in [-0.39, 0.29) is 12.8 Å². The number of carbonyl (C=O) groups is 2. The molecule has 1 aliphatic carbocycles. The maximum atomic E-state index is 13.0. The molecular formula is C22H26F6O4Se. The van der Waals surface area contributed by atoms with Gasteiger partial charge >= 0.3 is 194 Å². The number of benzene rings is 1. The average Bonchev–Trinajstić information content (AvgIpc) is 2.73. The predicted octanol–water partition coefficient (Wildman–Crippen LogP) is 5.28. The summed E-state index contributed by atoms with van der Waals surface area (Å²) in [6, 6.07) is 8.51. The van der Waals surface area contributed by atoms with Crippen LogP contribution in [0, 0.1) is 0 Å². The molecule has 3 atom stereocenters. The van der Waals surface area contributed by atoms with E-state index in [0.29, 0.717) is 30.1 Å². The molecule has 1 aliphatic rings. The van der Waals surface area contributed by atoms with Gasteiger partial charge in [0.05, 0.1) is 0 Å². The summed E-state index contributed by atoms with van der Waals surface area (Å²) >= 11 is -0.724. The molecule has 0 amide bonds. The van der Waals surface area contributed by atoms with Gasteiger partial charge in [0.1, 0.15) is 0 Å². The molecule has 0 heterocycles. The van der Waals surface area contributed by atoms with E-state index >= 15 is 0 Å². The van der Waals surface area contributed by atoms with Gasteiger partial charge in [0.25, 0.3) is 0 Å². The van der Waals surface area contributed by atoms with Crippen LogP contribution in [0.5, 0.6) is 0 Å². The van der Waals surface area contributed by atoms with Crippen LogP contribution in [0.25, 0.3) is 0 Å². The molecule has 0 spiro atoms. The second-order valence-electron chi connectivity index (χ2n) is 7.83. The number of ether oxygens (including phenoxy) is 2. The zero-order valence-corrected chi connectivity index (χ0v) is 19.5. The third kappa shape index (κ3) is 9.57. The van der Waals surface area contributed by atoms with Crippen molar-refractivity contribution >= 4 is 31.4 Å². The molecule has 0 saturated heterocycles. The second kappa shape index (κ2) is 12.6. The van der Waals surface area contributed by atoms with Crippen molar-refractivity contribution in [3.8, 4) is 0 Å². The molecule has 1 fully saturated rings. The van der Waals surface area contributed by atoms with Gasteiger partial charge in [-0.25, -0.2) is 0 Å². The fourth-order valence-corrected chi connectivity index (χ4v) is 6.37. The van der Waals surface area contributed by atoms with Gasteiger partial charge < -0.3 is 0 Å². The van der Waals surface area contributed by atoms with Crippen molar-refractivity contribution < 1.29 is 45.4 Å². The molecule has 4 nitrogen and oxygen atoms in total. The van der Waals surface area contributed by atoms with Gasteiger partial charge in [-0.3, -0.25) is 0 Å². The zero-order chi connectivity index (χ0) is 24.5. The van der Waals surface area contributed by atoms with Crippen LogP contribution in [0.3, 0.4) is 0 Å². The zero-order valence-electron chi connectivity index (χ0n) is 17.8. The van der Waals surface area contributed by atoms with Crippen molar-refractivity contribution in [3.63, 3.8) is 0 Å². The van der Waals surface area contributed by atoms with Gasteiger partial charge in [0, 0.05) is 0 Å². The number of hydrogen-bond donors (Lipinski definition) is 0. The van der Waals surface area contributed by atoms with E-state index in [9.17, 15) is 35.9 Å². The summed E-state index contributed by atoms with van der Waals surface area (Å²) in [6.07, 6.45) is -8.18. The monoisotopic (exact) mass is 548 g/mol. The van der Waals surface area contributed by atoms with Crippen LogP contribution in [0.2, 0.25) is 4.82 Å². The van der Waals surface area contributed by atoms with E-state index in [1.165, 1.54) is 0 Å². The minimum atomic E-state index is -5.24. The number of esters is 2. The molecule has 11 heteroatoms. The van der Waals surface area contributed by atoms with Gasteiger partial charge in [0.2, 0.25) is 0 Å². The van der Waals surface area contributed by atoms with Crippen molar-refractivity contribution in [2.75, 3.05) is 0 Å². The maximum absolute atomic E-state index is 13.0. The van der Waals surface area contributed by atoms with Gasteiger partial charge in [0.15, 0.2) is 0 Å². The average molecular weight is 547 g/mol. The summed E-state index contributed by atoms with van der Waals surface area (Å²) in [5.74, 6) is -4.79. The Morgan fingerprint density at radius 2 is 1.09 bits per heavy atom. The minimum absolute atomic E-state index is 0.0428. The van der Waals surface area contributed by atoms with Gasteiger partial charge in [-0.2, -0.15) is 0 Å². The van der Waals surface area contributed by atoms with Crippen LogP contribution in [0.1, 0.15) is 57.8 Å². The van der Waals surface area contributed by atoms with E-state index in [1.54, 1.807) is 30.3 Å². The molecule has 0 N–H and O–H groups in total. The number of halogens is 6. The Bertz CT molecular complexity index is 711. The summed E-state index contributed by atoms with van der Waals surface area (Å²) in [7, 11) is 0. The number of hydrogen-bond acceptors (Lipinski definition) is 4. The Kier molecular flexibility index (Phi) is 10.5. The number of alkyl halides is 6. The van der Waals surface area contributed by atoms with Crippen molar-refractivity contribution in [2.45, 2.75) is 87.2 Å². The summed E-state index contributed by atoms with van der Waals surface area (Å²) in [6.45, 7) is 0. The van der Waals surface area contributed by atoms with Crippen LogP contribution in [-0.2, 0) is 19.1 Å². The SMILES string of the molecule is O=C(O[C@H]1CCCCCCCCC[C@@H](OC(=O)C(F)(F)F)C1[Se]c1ccccc1)C(F)(F)F. The summed E-state index contributed by atoms with van der Waals surface area (Å²) in [5.41, 5.74) is 0. The third-order valence-electron chi connectivity index (χ3n) is 5.21. The third-order valence-corrected chi connectivity index (χ3v) is 8.19. The molecular weight excluding hydrogens is 521 g/mol. The molecule has 1 aromatic carbocycles. The fraction of sp³-hybridized carbons (Fsp3) is 0.636. The van der Waals surface area contributed by atoms with Gasteiger partial charge in [-0.15, -0.1) is 0 Å². The van der Waals surface area contributed by atoms with E-state index in [4.69, 9.17) is 9.47 Å². The van der Waals surface area contributed by atoms with E-state index in [0.717, 1.165) is 19.3 Å². The van der Waals surface area contributed by atoms with E-state index in [1.807, 2.05) is 0 Å². The molecule has 33 heavy (non-hydrogen) atoms. The number of carbonyl (C=O) groups excluding carboxylic acids is 2. The normalized spacial score (nSPS) is 23.6. The van der Waals surface area contributed by atoms with Crippen LogP contribution in [0.4, 0.5) is 26.3 Å². The number of rotatable bonds is 4. The molecule has 0 aliphatic heterocycles. The molecule has 0 bridgehead atoms. The molecule has 1 unspecified atom stereocenters. The molecule has 186 valence electrons. The first kappa shape index (κ1) is 27.5. The first-order chi connectivity index (χ1) is 15.5. The Morgan fingerprint density at radius 1 is 0.697 bits per heavy atom. The fourth-order valence-electron chi connectivity index (χ4n) is 3.61. The molecule has 2 rings (SSSR count). The molecule has 0 aromatic heterocycles. The second-order valence-corrected chi connectivity index (χ2v) is 10.5. The first-order valence-corrected chi connectivity index (χ1v) is 12.6. The topological polar surface area (TPSA) is 52.6 Å². The molecule has 1 aromatic rings. The van der Waals surface area contributed by atoms with Crippen molar-refractivity contribution in [1.82, 2.24) is 0 Å². The first-order valence-electron chi connectivity index (χ1n) is 10.8. The Morgan fingerprint density at radius 3 is 1.48 bits per heavy atom. The summed E-state index contributed by atoms with van der Waals surface area (Å²) in [4.78, 5) is 22.3. The van der Waals surface area contributed by atoms with Crippen LogP contribution >= 0.6 is 0 Å². The van der Waals surface area contributed by atoms with E-state index < -0.39 is 56.3 Å². The Hall–Kier alpha value is -1.74. The molecule has 1 saturated carbocycles. The Balaban J connectivity index is 2.41. The summed E-state index contributed by atoms with van der Waals surface area (Å²) < 4.78 is 88.1. The van der Waals surface area contributed by atoms with Gasteiger partial charge in [-0.1, -0.05) is 0 Å². The van der Waals surface area contributed by atoms with Crippen molar-refractivity contribution in [2.24, 2.45) is 0 Å². The Labute approximate surface area is 194 Å². The van der Waals surface area contributed by atoms with Crippen LogP contribution in [0.15, 0.2) is 30.3 Å². The standard InChI is InChI=1S/C22H26F6O4Se/c23-21(24,25)19(29)31-16-13-9-4-2-1-3-5-10-14-17(32-20(30)22(26,27)28)18(16)33-15-11-7-6-8-12-15/h6-8,11-12,16-18H,1-5,9-10,13-14H2/t16-,17+,18?. The van der Waals surface area contributed by atoms with E-state index in [2.05, 4.69) is 0 Å². The van der Waals surface area contributed by atoms with Crippen molar-refractivity contribution in [3.05, 3.63) is 30.3 Å². The van der Waals surface area contributed by atoms with Crippen LogP contribution < -0.4 is 4.46 Å². The van der Waals surface area contributed by atoms with Crippen LogP contribution in [-0.4, -0.2) is 51.5 Å². The summed E-state index contributed by atoms with van der Waals surface area (Å²) in [5, 5.41) is 0. The molecule has 0 radical (unpaired) electrons. The van der Waals surface area contributed by atoms with Crippen molar-refractivity contribution in [1.29, 1.82) is 0 Å². The predicted molar refractivity (Wildman–Crippen MR) is 109 cm³/mol. The van der Waals surface area contributed by atoms with Gasteiger partial charge in [-0.05, 0) is 0 Å².